The van der Waals surface area contributed by atoms with Crippen LogP contribution in [0.1, 0.15) is 23.9 Å². The van der Waals surface area contributed by atoms with Crippen LogP contribution in [0.3, 0.4) is 0 Å². The summed E-state index contributed by atoms with van der Waals surface area (Å²) in [5.74, 6) is 0.0537. The molecule has 0 aliphatic carbocycles. The van der Waals surface area contributed by atoms with Crippen LogP contribution in [0.4, 0.5) is 11.4 Å². The maximum atomic E-state index is 12.4. The van der Waals surface area contributed by atoms with Gasteiger partial charge >= 0.3 is 0 Å². The van der Waals surface area contributed by atoms with Gasteiger partial charge < -0.3 is 20.4 Å². The molecular formula is C21H32N6O2+2. The first-order valence-corrected chi connectivity index (χ1v) is 10.3. The molecule has 2 amide bonds. The first-order chi connectivity index (χ1) is 14.0. The summed E-state index contributed by atoms with van der Waals surface area (Å²) in [7, 11) is 0. The molecule has 1 aliphatic rings. The van der Waals surface area contributed by atoms with E-state index in [2.05, 4.69) is 27.8 Å². The zero-order valence-electron chi connectivity index (χ0n) is 17.5. The number of quaternary nitrogens is 2. The monoisotopic (exact) mass is 400 g/mol. The molecule has 0 unspecified atom stereocenters. The number of H-pyrrole nitrogens is 1. The van der Waals surface area contributed by atoms with Gasteiger partial charge in [-0.15, -0.1) is 0 Å². The van der Waals surface area contributed by atoms with E-state index in [4.69, 9.17) is 0 Å². The van der Waals surface area contributed by atoms with Crippen LogP contribution in [-0.4, -0.2) is 61.3 Å². The number of hydrogen-bond donors (Lipinski definition) is 5. The third-order valence-corrected chi connectivity index (χ3v) is 5.55. The van der Waals surface area contributed by atoms with Crippen molar-refractivity contribution in [3.63, 3.8) is 0 Å². The standard InChI is InChI=1S/C21H30N6O2/c1-4-17-7-5-6-8-18(17)22-19(28)13-26-9-11-27(12-10-26)14-20(29)23-21-15(2)24-25-16(21)3/h5-8H,4,9-14H2,1-3H3,(H,22,28)(H,23,29)(H,24,25)/p+2. The van der Waals surface area contributed by atoms with Gasteiger partial charge in [0.05, 0.1) is 17.1 Å². The highest BCUT2D eigenvalue weighted by atomic mass is 16.2. The summed E-state index contributed by atoms with van der Waals surface area (Å²) in [5, 5.41) is 13.0. The second-order valence-electron chi connectivity index (χ2n) is 7.77. The third kappa shape index (κ3) is 5.65. The molecule has 3 rings (SSSR count). The van der Waals surface area contributed by atoms with Gasteiger partial charge in [-0.2, -0.15) is 5.10 Å². The van der Waals surface area contributed by atoms with Gasteiger partial charge in [-0.25, -0.2) is 0 Å². The minimum absolute atomic E-state index is 0.00460. The number of carbonyl (C=O) groups is 2. The lowest BCUT2D eigenvalue weighted by molar-refractivity contribution is -1.00. The number of amides is 2. The molecule has 8 heteroatoms. The molecule has 5 N–H and O–H groups in total. The number of benzene rings is 1. The fourth-order valence-electron chi connectivity index (χ4n) is 3.83. The molecule has 2 aromatic rings. The number of para-hydroxylation sites is 1. The van der Waals surface area contributed by atoms with Gasteiger partial charge in [0, 0.05) is 5.69 Å². The summed E-state index contributed by atoms with van der Waals surface area (Å²) in [6.45, 7) is 10.3. The summed E-state index contributed by atoms with van der Waals surface area (Å²) >= 11 is 0. The highest BCUT2D eigenvalue weighted by Gasteiger charge is 2.26. The second kappa shape index (κ2) is 9.67. The van der Waals surface area contributed by atoms with Crippen LogP contribution < -0.4 is 20.4 Å². The lowest BCUT2D eigenvalue weighted by Crippen LogP contribution is -3.28. The minimum atomic E-state index is 0.00460. The van der Waals surface area contributed by atoms with Crippen molar-refractivity contribution in [1.82, 2.24) is 10.2 Å². The summed E-state index contributed by atoms with van der Waals surface area (Å²) in [6.07, 6.45) is 0.894. The minimum Gasteiger partial charge on any atom is -0.321 e. The number of nitrogens with zero attached hydrogens (tertiary/aromatic N) is 1. The average molecular weight is 401 g/mol. The zero-order chi connectivity index (χ0) is 20.8. The maximum Gasteiger partial charge on any atom is 0.279 e. The first kappa shape index (κ1) is 21.0. The van der Waals surface area contributed by atoms with Crippen LogP contribution in [0.15, 0.2) is 24.3 Å². The van der Waals surface area contributed by atoms with Crippen molar-refractivity contribution >= 4 is 23.2 Å². The van der Waals surface area contributed by atoms with Crippen LogP contribution in [0.5, 0.6) is 0 Å². The van der Waals surface area contributed by atoms with E-state index >= 15 is 0 Å². The third-order valence-electron chi connectivity index (χ3n) is 5.55. The Kier molecular flexibility index (Phi) is 7.00. The molecule has 156 valence electrons. The topological polar surface area (TPSA) is 95.8 Å². The molecule has 0 atom stereocenters. The summed E-state index contributed by atoms with van der Waals surface area (Å²) < 4.78 is 0. The molecule has 1 aliphatic heterocycles. The molecule has 1 aromatic heterocycles. The normalized spacial score (nSPS) is 19.0. The largest absolute Gasteiger partial charge is 0.321 e. The highest BCUT2D eigenvalue weighted by molar-refractivity contribution is 5.93. The Morgan fingerprint density at radius 2 is 1.59 bits per heavy atom. The van der Waals surface area contributed by atoms with Gasteiger partial charge in [0.2, 0.25) is 0 Å². The van der Waals surface area contributed by atoms with Gasteiger partial charge in [0.1, 0.15) is 26.2 Å². The van der Waals surface area contributed by atoms with E-state index in [0.29, 0.717) is 13.1 Å². The van der Waals surface area contributed by atoms with Crippen molar-refractivity contribution in [2.75, 3.05) is 49.9 Å². The van der Waals surface area contributed by atoms with Crippen LogP contribution >= 0.6 is 0 Å². The SMILES string of the molecule is CCc1ccccc1NC(=O)C[NH+]1CC[NH+](CC(=O)Nc2c(C)n[nH]c2C)CC1. The highest BCUT2D eigenvalue weighted by Crippen LogP contribution is 2.15. The van der Waals surface area contributed by atoms with Crippen molar-refractivity contribution in [1.29, 1.82) is 0 Å². The molecule has 0 bridgehead atoms. The Morgan fingerprint density at radius 1 is 1.00 bits per heavy atom. The smallest absolute Gasteiger partial charge is 0.279 e. The van der Waals surface area contributed by atoms with Crippen LogP contribution in [0.25, 0.3) is 0 Å². The number of anilines is 2. The quantitative estimate of drug-likeness (QED) is 0.410. The van der Waals surface area contributed by atoms with E-state index < -0.39 is 0 Å². The lowest BCUT2D eigenvalue weighted by Gasteiger charge is -2.29. The molecule has 1 saturated heterocycles. The number of nitrogens with one attached hydrogen (secondary N) is 5. The Hall–Kier alpha value is -2.71. The van der Waals surface area contributed by atoms with Crippen LogP contribution in [-0.2, 0) is 16.0 Å². The Labute approximate surface area is 171 Å². The van der Waals surface area contributed by atoms with E-state index in [-0.39, 0.29) is 11.8 Å². The van der Waals surface area contributed by atoms with Gasteiger partial charge in [0.15, 0.2) is 13.1 Å². The van der Waals surface area contributed by atoms with Gasteiger partial charge in [-0.3, -0.25) is 14.7 Å². The molecule has 1 fully saturated rings. The number of piperazine rings is 1. The number of hydrogen-bond acceptors (Lipinski definition) is 3. The molecule has 1 aromatic carbocycles. The second-order valence-corrected chi connectivity index (χ2v) is 7.77. The van der Waals surface area contributed by atoms with Gasteiger partial charge in [-0.1, -0.05) is 25.1 Å². The zero-order valence-corrected chi connectivity index (χ0v) is 17.5. The van der Waals surface area contributed by atoms with Crippen molar-refractivity contribution in [3.8, 4) is 0 Å². The summed E-state index contributed by atoms with van der Waals surface area (Å²) in [4.78, 5) is 27.3. The van der Waals surface area contributed by atoms with Crippen molar-refractivity contribution in [3.05, 3.63) is 41.2 Å². The van der Waals surface area contributed by atoms with Crippen molar-refractivity contribution in [2.24, 2.45) is 0 Å². The van der Waals surface area contributed by atoms with Crippen molar-refractivity contribution < 1.29 is 19.4 Å². The molecule has 2 heterocycles. The fourth-order valence-corrected chi connectivity index (χ4v) is 3.83. The molecule has 29 heavy (non-hydrogen) atoms. The number of aryl methyl sites for hydroxylation is 3. The molecule has 0 radical (unpaired) electrons. The van der Waals surface area contributed by atoms with E-state index in [1.54, 1.807) is 0 Å². The maximum absolute atomic E-state index is 12.4. The summed E-state index contributed by atoms with van der Waals surface area (Å²) in [5.41, 5.74) is 4.51. The Morgan fingerprint density at radius 3 is 2.14 bits per heavy atom. The van der Waals surface area contributed by atoms with E-state index in [9.17, 15) is 9.59 Å². The molecule has 0 spiro atoms. The average Bonchev–Trinajstić information content (AvgIpc) is 3.02. The number of aromatic nitrogens is 2. The van der Waals surface area contributed by atoms with E-state index in [1.807, 2.05) is 38.1 Å². The molecular weight excluding hydrogens is 368 g/mol. The van der Waals surface area contributed by atoms with E-state index in [0.717, 1.165) is 60.9 Å². The number of aromatic amines is 1. The molecule has 8 nitrogen and oxygen atoms in total. The van der Waals surface area contributed by atoms with Crippen molar-refractivity contribution in [2.45, 2.75) is 27.2 Å². The molecule has 0 saturated carbocycles. The number of rotatable bonds is 7. The predicted molar refractivity (Wildman–Crippen MR) is 112 cm³/mol. The lowest BCUT2D eigenvalue weighted by atomic mass is 10.1. The van der Waals surface area contributed by atoms with Gasteiger partial charge in [0.25, 0.3) is 11.8 Å². The van der Waals surface area contributed by atoms with E-state index in [1.165, 1.54) is 9.80 Å². The Balaban J connectivity index is 1.42. The Bertz CT molecular complexity index is 835. The van der Waals surface area contributed by atoms with Crippen LogP contribution in [0.2, 0.25) is 0 Å². The predicted octanol–water partition coefficient (Wildman–Crippen LogP) is -1.05. The van der Waals surface area contributed by atoms with Crippen LogP contribution in [0, 0.1) is 13.8 Å². The van der Waals surface area contributed by atoms with Gasteiger partial charge in [-0.05, 0) is 31.9 Å². The fraction of sp³-hybridized carbons (Fsp3) is 0.476. The summed E-state index contributed by atoms with van der Waals surface area (Å²) in [6, 6.07) is 7.94. The first-order valence-electron chi connectivity index (χ1n) is 10.3. The number of carbonyl (C=O) groups excluding carboxylic acids is 2.